The smallest absolute Gasteiger partial charge is 0.258 e. The van der Waals surface area contributed by atoms with E-state index in [1.54, 1.807) is 30.3 Å². The molecule has 1 N–H and O–H groups in total. The van der Waals surface area contributed by atoms with Gasteiger partial charge in [0.2, 0.25) is 0 Å². The number of para-hydroxylation sites is 2. The molecular formula is C16H16FNO3. The number of rotatable bonds is 6. The Bertz CT molecular complexity index is 616. The molecule has 0 aliphatic carbocycles. The van der Waals surface area contributed by atoms with E-state index in [1.807, 2.05) is 6.07 Å². The van der Waals surface area contributed by atoms with E-state index in [-0.39, 0.29) is 24.9 Å². The van der Waals surface area contributed by atoms with Crippen molar-refractivity contribution in [3.63, 3.8) is 0 Å². The van der Waals surface area contributed by atoms with Crippen LogP contribution in [0.5, 0.6) is 11.5 Å². The maximum atomic E-state index is 13.0. The summed E-state index contributed by atoms with van der Waals surface area (Å²) in [6, 6.07) is 13.2. The first kappa shape index (κ1) is 14.8. The van der Waals surface area contributed by atoms with Gasteiger partial charge in [0.05, 0.1) is 7.11 Å². The van der Waals surface area contributed by atoms with Gasteiger partial charge in [0.15, 0.2) is 18.1 Å². The van der Waals surface area contributed by atoms with E-state index < -0.39 is 0 Å². The van der Waals surface area contributed by atoms with Crippen molar-refractivity contribution in [1.29, 1.82) is 0 Å². The quantitative estimate of drug-likeness (QED) is 0.889. The molecule has 0 aliphatic heterocycles. The highest BCUT2D eigenvalue weighted by molar-refractivity contribution is 5.77. The minimum Gasteiger partial charge on any atom is -0.493 e. The molecule has 4 nitrogen and oxygen atoms in total. The van der Waals surface area contributed by atoms with Gasteiger partial charge in [-0.25, -0.2) is 4.39 Å². The largest absolute Gasteiger partial charge is 0.493 e. The van der Waals surface area contributed by atoms with Crippen LogP contribution in [0.3, 0.4) is 0 Å². The topological polar surface area (TPSA) is 47.6 Å². The Morgan fingerprint density at radius 3 is 2.62 bits per heavy atom. The van der Waals surface area contributed by atoms with Crippen LogP contribution in [0.15, 0.2) is 48.5 Å². The van der Waals surface area contributed by atoms with Gasteiger partial charge in [-0.3, -0.25) is 4.79 Å². The molecule has 0 spiro atoms. The van der Waals surface area contributed by atoms with E-state index >= 15 is 0 Å². The van der Waals surface area contributed by atoms with E-state index in [4.69, 9.17) is 9.47 Å². The molecule has 2 rings (SSSR count). The summed E-state index contributed by atoms with van der Waals surface area (Å²) in [6.45, 7) is 0.127. The minimum absolute atomic E-state index is 0.129. The molecule has 0 fully saturated rings. The van der Waals surface area contributed by atoms with Crippen molar-refractivity contribution in [2.75, 3.05) is 13.7 Å². The monoisotopic (exact) mass is 289 g/mol. The third kappa shape index (κ3) is 4.49. The molecule has 0 aliphatic rings. The van der Waals surface area contributed by atoms with Gasteiger partial charge in [0, 0.05) is 6.54 Å². The van der Waals surface area contributed by atoms with Crippen LogP contribution in [0.25, 0.3) is 0 Å². The zero-order valence-corrected chi connectivity index (χ0v) is 11.6. The average Bonchev–Trinajstić information content (AvgIpc) is 2.51. The van der Waals surface area contributed by atoms with Crippen LogP contribution in [-0.4, -0.2) is 19.6 Å². The van der Waals surface area contributed by atoms with E-state index in [0.717, 1.165) is 0 Å². The van der Waals surface area contributed by atoms with E-state index in [9.17, 15) is 9.18 Å². The van der Waals surface area contributed by atoms with Crippen molar-refractivity contribution >= 4 is 5.91 Å². The van der Waals surface area contributed by atoms with Crippen molar-refractivity contribution in [3.8, 4) is 11.5 Å². The summed E-state index contributed by atoms with van der Waals surface area (Å²) >= 11 is 0. The maximum absolute atomic E-state index is 13.0. The average molecular weight is 289 g/mol. The summed E-state index contributed by atoms with van der Waals surface area (Å²) in [4.78, 5) is 11.7. The lowest BCUT2D eigenvalue weighted by Crippen LogP contribution is -2.28. The molecule has 0 bridgehead atoms. The van der Waals surface area contributed by atoms with E-state index in [2.05, 4.69) is 5.32 Å². The van der Waals surface area contributed by atoms with Gasteiger partial charge in [-0.1, -0.05) is 24.3 Å². The van der Waals surface area contributed by atoms with Gasteiger partial charge in [0.25, 0.3) is 5.91 Å². The summed E-state index contributed by atoms with van der Waals surface area (Å²) in [7, 11) is 1.53. The Kier molecular flexibility index (Phi) is 5.15. The molecule has 0 aromatic heterocycles. The second-order valence-electron chi connectivity index (χ2n) is 4.35. The fourth-order valence-corrected chi connectivity index (χ4v) is 1.78. The van der Waals surface area contributed by atoms with Crippen molar-refractivity contribution < 1.29 is 18.7 Å². The normalized spacial score (nSPS) is 10.0. The van der Waals surface area contributed by atoms with Crippen LogP contribution < -0.4 is 14.8 Å². The molecule has 21 heavy (non-hydrogen) atoms. The Hall–Kier alpha value is -2.56. The van der Waals surface area contributed by atoms with Gasteiger partial charge in [0.1, 0.15) is 5.82 Å². The summed E-state index contributed by atoms with van der Waals surface area (Å²) < 4.78 is 23.5. The molecule has 0 saturated heterocycles. The highest BCUT2D eigenvalue weighted by Gasteiger charge is 2.06. The molecule has 110 valence electrons. The number of carbonyl (C=O) groups is 1. The number of benzene rings is 2. The maximum Gasteiger partial charge on any atom is 0.258 e. The second-order valence-corrected chi connectivity index (χ2v) is 4.35. The van der Waals surface area contributed by atoms with Crippen LogP contribution in [-0.2, 0) is 11.3 Å². The van der Waals surface area contributed by atoms with Crippen molar-refractivity contribution in [2.24, 2.45) is 0 Å². The minimum atomic E-state index is -0.327. The summed E-state index contributed by atoms with van der Waals surface area (Å²) in [5.74, 6) is 0.452. The van der Waals surface area contributed by atoms with Gasteiger partial charge in [-0.2, -0.15) is 0 Å². The SMILES string of the molecule is COc1ccccc1OCC(=O)NCc1cccc(F)c1. The van der Waals surface area contributed by atoms with Crippen LogP contribution in [0.2, 0.25) is 0 Å². The highest BCUT2D eigenvalue weighted by Crippen LogP contribution is 2.25. The first-order valence-electron chi connectivity index (χ1n) is 6.46. The Morgan fingerprint density at radius 1 is 1.14 bits per heavy atom. The molecular weight excluding hydrogens is 273 g/mol. The van der Waals surface area contributed by atoms with E-state index in [0.29, 0.717) is 17.1 Å². The van der Waals surface area contributed by atoms with Crippen LogP contribution in [0.1, 0.15) is 5.56 Å². The van der Waals surface area contributed by atoms with Crippen LogP contribution >= 0.6 is 0 Å². The number of carbonyl (C=O) groups excluding carboxylic acids is 1. The zero-order valence-electron chi connectivity index (χ0n) is 11.6. The van der Waals surface area contributed by atoms with E-state index in [1.165, 1.54) is 19.2 Å². The van der Waals surface area contributed by atoms with Crippen molar-refractivity contribution in [3.05, 3.63) is 59.9 Å². The molecule has 0 saturated carbocycles. The zero-order chi connectivity index (χ0) is 15.1. The number of hydrogen-bond donors (Lipinski definition) is 1. The molecule has 0 heterocycles. The third-order valence-electron chi connectivity index (χ3n) is 2.81. The number of nitrogens with one attached hydrogen (secondary N) is 1. The van der Waals surface area contributed by atoms with Crippen molar-refractivity contribution in [2.45, 2.75) is 6.54 Å². The lowest BCUT2D eigenvalue weighted by Gasteiger charge is -2.10. The molecule has 1 amide bonds. The summed E-state index contributed by atoms with van der Waals surface area (Å²) in [5, 5.41) is 2.66. The molecule has 2 aromatic carbocycles. The lowest BCUT2D eigenvalue weighted by atomic mass is 10.2. The van der Waals surface area contributed by atoms with Gasteiger partial charge in [-0.05, 0) is 29.8 Å². The number of methoxy groups -OCH3 is 1. The predicted molar refractivity (Wildman–Crippen MR) is 76.7 cm³/mol. The molecule has 5 heteroatoms. The molecule has 0 radical (unpaired) electrons. The first-order chi connectivity index (χ1) is 10.2. The molecule has 0 atom stereocenters. The summed E-state index contributed by atoms with van der Waals surface area (Å²) in [5.41, 5.74) is 0.695. The van der Waals surface area contributed by atoms with Gasteiger partial charge >= 0.3 is 0 Å². The Morgan fingerprint density at radius 2 is 1.90 bits per heavy atom. The Balaban J connectivity index is 1.82. The standard InChI is InChI=1S/C16H16FNO3/c1-20-14-7-2-3-8-15(14)21-11-16(19)18-10-12-5-4-6-13(17)9-12/h2-9H,10-11H2,1H3,(H,18,19). The number of hydrogen-bond acceptors (Lipinski definition) is 3. The van der Waals surface area contributed by atoms with Crippen LogP contribution in [0.4, 0.5) is 4.39 Å². The number of halogens is 1. The summed E-state index contributed by atoms with van der Waals surface area (Å²) in [6.07, 6.45) is 0. The first-order valence-corrected chi connectivity index (χ1v) is 6.46. The van der Waals surface area contributed by atoms with Gasteiger partial charge in [-0.15, -0.1) is 0 Å². The fraction of sp³-hybridized carbons (Fsp3) is 0.188. The number of ether oxygens (including phenoxy) is 2. The van der Waals surface area contributed by atoms with Gasteiger partial charge < -0.3 is 14.8 Å². The Labute approximate surface area is 122 Å². The molecule has 0 unspecified atom stereocenters. The number of amides is 1. The predicted octanol–water partition coefficient (Wildman–Crippen LogP) is 2.53. The molecule has 2 aromatic rings. The van der Waals surface area contributed by atoms with Crippen LogP contribution in [0, 0.1) is 5.82 Å². The lowest BCUT2D eigenvalue weighted by molar-refractivity contribution is -0.123. The third-order valence-corrected chi connectivity index (χ3v) is 2.81. The highest BCUT2D eigenvalue weighted by atomic mass is 19.1. The second kappa shape index (κ2) is 7.28. The van der Waals surface area contributed by atoms with Crippen molar-refractivity contribution in [1.82, 2.24) is 5.32 Å². The fourth-order valence-electron chi connectivity index (χ4n) is 1.78.